The van der Waals surface area contributed by atoms with Gasteiger partial charge in [0.2, 0.25) is 0 Å². The first-order valence-electron chi connectivity index (χ1n) is 10.4. The zero-order valence-electron chi connectivity index (χ0n) is 17.1. The average molecular weight is 443 g/mol. The van der Waals surface area contributed by atoms with Gasteiger partial charge in [0.15, 0.2) is 6.61 Å². The van der Waals surface area contributed by atoms with E-state index in [0.29, 0.717) is 11.6 Å². The maximum Gasteiger partial charge on any atom is 0.338 e. The highest BCUT2D eigenvalue weighted by molar-refractivity contribution is 7.98. The number of ether oxygens (including phenoxy) is 1. The molecule has 1 saturated carbocycles. The minimum absolute atomic E-state index is 0.107. The molecular weight excluding hydrogens is 416 g/mol. The molecule has 1 heterocycles. The van der Waals surface area contributed by atoms with E-state index >= 15 is 0 Å². The summed E-state index contributed by atoms with van der Waals surface area (Å²) in [5, 5.41) is 3.14. The Morgan fingerprint density at radius 2 is 2.03 bits per heavy atom. The van der Waals surface area contributed by atoms with Crippen molar-refractivity contribution in [2.75, 3.05) is 6.61 Å². The lowest BCUT2D eigenvalue weighted by atomic mass is 10.0. The van der Waals surface area contributed by atoms with Crippen LogP contribution in [0.3, 0.4) is 0 Å². The van der Waals surface area contributed by atoms with Crippen molar-refractivity contribution in [2.45, 2.75) is 62.1 Å². The standard InChI is InChI=1S/C23H26N2O3S2/c1-16-24-18(14-29-16)15-30-21-11-7-17(8-12-21)23(27)28-13-22(26)25(20-9-10-20)19-5-3-2-4-6-19/h5,7-8,11-12,14,20H,2-4,6,9-10,13,15H2,1H3. The number of rotatable bonds is 8. The Morgan fingerprint density at radius 3 is 2.67 bits per heavy atom. The topological polar surface area (TPSA) is 59.5 Å². The largest absolute Gasteiger partial charge is 0.452 e. The number of carbonyl (C=O) groups is 2. The Morgan fingerprint density at radius 1 is 1.23 bits per heavy atom. The number of aromatic nitrogens is 1. The number of allylic oxidation sites excluding steroid dienone is 2. The minimum Gasteiger partial charge on any atom is -0.452 e. The van der Waals surface area contributed by atoms with Crippen molar-refractivity contribution in [3.63, 3.8) is 0 Å². The molecule has 0 aliphatic heterocycles. The van der Waals surface area contributed by atoms with Crippen molar-refractivity contribution >= 4 is 35.0 Å². The Balaban J connectivity index is 1.29. The number of amides is 1. The molecule has 1 aromatic heterocycles. The molecule has 4 rings (SSSR count). The minimum atomic E-state index is -0.455. The number of aryl methyl sites for hydroxylation is 1. The third-order valence-corrected chi connectivity index (χ3v) is 7.10. The second kappa shape index (κ2) is 9.79. The monoisotopic (exact) mass is 442 g/mol. The van der Waals surface area contributed by atoms with Crippen LogP contribution >= 0.6 is 23.1 Å². The Bertz CT molecular complexity index is 932. The zero-order chi connectivity index (χ0) is 20.9. The molecule has 158 valence electrons. The van der Waals surface area contributed by atoms with E-state index in [1.54, 1.807) is 35.2 Å². The van der Waals surface area contributed by atoms with Crippen LogP contribution in [0.25, 0.3) is 0 Å². The van der Waals surface area contributed by atoms with Crippen LogP contribution in [0.4, 0.5) is 0 Å². The molecule has 0 unspecified atom stereocenters. The zero-order valence-corrected chi connectivity index (χ0v) is 18.8. The fourth-order valence-electron chi connectivity index (χ4n) is 3.57. The maximum atomic E-state index is 12.7. The Kier molecular flexibility index (Phi) is 6.89. The van der Waals surface area contributed by atoms with Gasteiger partial charge >= 0.3 is 5.97 Å². The number of thioether (sulfide) groups is 1. The molecule has 30 heavy (non-hydrogen) atoms. The van der Waals surface area contributed by atoms with E-state index in [9.17, 15) is 9.59 Å². The van der Waals surface area contributed by atoms with Crippen molar-refractivity contribution in [2.24, 2.45) is 0 Å². The van der Waals surface area contributed by atoms with Crippen LogP contribution in [-0.2, 0) is 15.3 Å². The van der Waals surface area contributed by atoms with E-state index < -0.39 is 5.97 Å². The summed E-state index contributed by atoms with van der Waals surface area (Å²) in [5.74, 6) is 0.239. The quantitative estimate of drug-likeness (QED) is 0.407. The van der Waals surface area contributed by atoms with Crippen LogP contribution < -0.4 is 0 Å². The summed E-state index contributed by atoms with van der Waals surface area (Å²) in [6.45, 7) is 1.80. The molecule has 5 nitrogen and oxygen atoms in total. The summed E-state index contributed by atoms with van der Waals surface area (Å²) in [5.41, 5.74) is 2.64. The number of thiazole rings is 1. The molecule has 0 spiro atoms. The number of hydrogen-bond acceptors (Lipinski definition) is 6. The fourth-order valence-corrected chi connectivity index (χ4v) is 5.08. The lowest BCUT2D eigenvalue weighted by Crippen LogP contribution is -2.36. The van der Waals surface area contributed by atoms with Crippen LogP contribution in [0, 0.1) is 6.92 Å². The summed E-state index contributed by atoms with van der Waals surface area (Å²) >= 11 is 3.33. The maximum absolute atomic E-state index is 12.7. The highest BCUT2D eigenvalue weighted by Crippen LogP contribution is 2.33. The van der Waals surface area contributed by atoms with Crippen molar-refractivity contribution < 1.29 is 14.3 Å². The first kappa shape index (κ1) is 21.1. The van der Waals surface area contributed by atoms with Gasteiger partial charge in [-0.2, -0.15) is 0 Å². The lowest BCUT2D eigenvalue weighted by molar-refractivity contribution is -0.133. The molecular formula is C23H26N2O3S2. The van der Waals surface area contributed by atoms with Crippen LogP contribution in [-0.4, -0.2) is 34.4 Å². The summed E-state index contributed by atoms with van der Waals surface area (Å²) in [7, 11) is 0. The van der Waals surface area contributed by atoms with E-state index in [1.807, 2.05) is 24.0 Å². The summed E-state index contributed by atoms with van der Waals surface area (Å²) < 4.78 is 5.34. The second-order valence-corrected chi connectivity index (χ2v) is 9.79. The Labute approximate surface area is 185 Å². The van der Waals surface area contributed by atoms with Gasteiger partial charge in [0.05, 0.1) is 16.3 Å². The normalized spacial score (nSPS) is 16.1. The molecule has 2 aliphatic carbocycles. The van der Waals surface area contributed by atoms with Gasteiger partial charge < -0.3 is 9.64 Å². The summed E-state index contributed by atoms with van der Waals surface area (Å²) in [6.07, 6.45) is 8.52. The van der Waals surface area contributed by atoms with E-state index in [-0.39, 0.29) is 12.5 Å². The lowest BCUT2D eigenvalue weighted by Gasteiger charge is -2.27. The van der Waals surface area contributed by atoms with Crippen molar-refractivity contribution in [1.82, 2.24) is 9.88 Å². The number of benzene rings is 1. The van der Waals surface area contributed by atoms with Gasteiger partial charge in [-0.15, -0.1) is 23.1 Å². The van der Waals surface area contributed by atoms with E-state index in [0.717, 1.165) is 59.2 Å². The van der Waals surface area contributed by atoms with Crippen LogP contribution in [0.1, 0.15) is 59.6 Å². The second-order valence-electron chi connectivity index (χ2n) is 7.68. The number of carbonyl (C=O) groups excluding carboxylic acids is 2. The van der Waals surface area contributed by atoms with Gasteiger partial charge in [-0.1, -0.05) is 6.08 Å². The van der Waals surface area contributed by atoms with E-state index in [4.69, 9.17) is 4.74 Å². The predicted molar refractivity (Wildman–Crippen MR) is 120 cm³/mol. The van der Waals surface area contributed by atoms with Crippen molar-refractivity contribution in [1.29, 1.82) is 0 Å². The SMILES string of the molecule is Cc1nc(CSc2ccc(C(=O)OCC(=O)N(C3=CCCCC3)C3CC3)cc2)cs1. The smallest absolute Gasteiger partial charge is 0.338 e. The molecule has 1 aromatic carbocycles. The molecule has 0 bridgehead atoms. The van der Waals surface area contributed by atoms with Gasteiger partial charge in [0, 0.05) is 27.8 Å². The van der Waals surface area contributed by atoms with Gasteiger partial charge in [0.25, 0.3) is 5.91 Å². The predicted octanol–water partition coefficient (Wildman–Crippen LogP) is 5.35. The summed E-state index contributed by atoms with van der Waals surface area (Å²) in [4.78, 5) is 32.5. The molecule has 1 amide bonds. The first-order chi connectivity index (χ1) is 14.6. The highest BCUT2D eigenvalue weighted by Gasteiger charge is 2.35. The number of hydrogen-bond donors (Lipinski definition) is 0. The third kappa shape index (κ3) is 5.52. The third-order valence-electron chi connectivity index (χ3n) is 5.23. The molecule has 0 N–H and O–H groups in total. The van der Waals surface area contributed by atoms with Gasteiger partial charge in [0.1, 0.15) is 0 Å². The molecule has 1 fully saturated rings. The molecule has 2 aromatic rings. The van der Waals surface area contributed by atoms with Gasteiger partial charge in [-0.05, 0) is 69.7 Å². The molecule has 2 aliphatic rings. The fraction of sp³-hybridized carbons (Fsp3) is 0.435. The highest BCUT2D eigenvalue weighted by atomic mass is 32.2. The molecule has 0 saturated heterocycles. The average Bonchev–Trinajstić information content (AvgIpc) is 3.51. The van der Waals surface area contributed by atoms with Crippen molar-refractivity contribution in [3.8, 4) is 0 Å². The Hall–Kier alpha value is -2.12. The molecule has 7 heteroatoms. The molecule has 0 atom stereocenters. The van der Waals surface area contributed by atoms with E-state index in [2.05, 4.69) is 16.4 Å². The molecule has 0 radical (unpaired) electrons. The van der Waals surface area contributed by atoms with E-state index in [1.165, 1.54) is 6.42 Å². The van der Waals surface area contributed by atoms with Crippen LogP contribution in [0.15, 0.2) is 46.3 Å². The number of esters is 1. The van der Waals surface area contributed by atoms with Crippen LogP contribution in [0.2, 0.25) is 0 Å². The van der Waals surface area contributed by atoms with Gasteiger partial charge in [-0.25, -0.2) is 9.78 Å². The summed E-state index contributed by atoms with van der Waals surface area (Å²) in [6, 6.07) is 7.61. The van der Waals surface area contributed by atoms with Crippen molar-refractivity contribution in [3.05, 3.63) is 57.7 Å². The first-order valence-corrected chi connectivity index (χ1v) is 12.3. The number of nitrogens with zero attached hydrogens (tertiary/aromatic N) is 2. The van der Waals surface area contributed by atoms with Gasteiger partial charge in [-0.3, -0.25) is 4.79 Å². The van der Waals surface area contributed by atoms with Crippen LogP contribution in [0.5, 0.6) is 0 Å².